The molecular formula is C19H31N. The molecule has 2 rings (SSSR count). The maximum Gasteiger partial charge on any atom is 0.0377 e. The van der Waals surface area contributed by atoms with Crippen molar-refractivity contribution in [3.8, 4) is 0 Å². The number of nitrogens with one attached hydrogen (secondary N) is 1. The number of hydrogen-bond acceptors (Lipinski definition) is 1. The van der Waals surface area contributed by atoms with Crippen molar-refractivity contribution in [3.05, 3.63) is 29.3 Å². The normalized spacial score (nSPS) is 21.7. The third-order valence-corrected chi connectivity index (χ3v) is 4.95. The standard InChI is InChI=1S/C19H31N/c1-13(2)15-9-10-17(16(12-15)14(3)4)20-18-8-7-11-19(18,5)6/h9-10,12-14,18,20H,7-8,11H2,1-6H3. The Kier molecular flexibility index (Phi) is 4.46. The van der Waals surface area contributed by atoms with Crippen molar-refractivity contribution < 1.29 is 0 Å². The van der Waals surface area contributed by atoms with Gasteiger partial charge in [0.15, 0.2) is 0 Å². The number of benzene rings is 1. The zero-order chi connectivity index (χ0) is 14.9. The van der Waals surface area contributed by atoms with Crippen LogP contribution in [0.4, 0.5) is 5.69 Å². The van der Waals surface area contributed by atoms with Crippen LogP contribution in [0.1, 0.15) is 83.8 Å². The van der Waals surface area contributed by atoms with E-state index < -0.39 is 0 Å². The Bertz CT molecular complexity index is 457. The summed E-state index contributed by atoms with van der Waals surface area (Å²) in [6, 6.07) is 7.62. The number of hydrogen-bond donors (Lipinski definition) is 1. The van der Waals surface area contributed by atoms with Gasteiger partial charge in [0.25, 0.3) is 0 Å². The van der Waals surface area contributed by atoms with Crippen LogP contribution in [0.25, 0.3) is 0 Å². The first kappa shape index (κ1) is 15.4. The second-order valence-corrected chi connectivity index (χ2v) is 7.73. The zero-order valence-electron chi connectivity index (χ0n) is 14.1. The molecule has 1 aliphatic rings. The predicted molar refractivity (Wildman–Crippen MR) is 89.7 cm³/mol. The van der Waals surface area contributed by atoms with E-state index in [2.05, 4.69) is 65.1 Å². The minimum atomic E-state index is 0.422. The molecule has 1 unspecified atom stereocenters. The minimum absolute atomic E-state index is 0.422. The molecule has 0 heterocycles. The van der Waals surface area contributed by atoms with Gasteiger partial charge in [-0.25, -0.2) is 0 Å². The molecule has 0 spiro atoms. The summed E-state index contributed by atoms with van der Waals surface area (Å²) in [5.41, 5.74) is 4.69. The lowest BCUT2D eigenvalue weighted by atomic mass is 9.86. The van der Waals surface area contributed by atoms with Crippen molar-refractivity contribution in [3.63, 3.8) is 0 Å². The van der Waals surface area contributed by atoms with Gasteiger partial charge in [-0.3, -0.25) is 0 Å². The SMILES string of the molecule is CC(C)c1ccc(NC2CCCC2(C)C)c(C(C)C)c1. The average Bonchev–Trinajstić information content (AvgIpc) is 2.68. The smallest absolute Gasteiger partial charge is 0.0377 e. The molecule has 1 N–H and O–H groups in total. The molecule has 0 bridgehead atoms. The third-order valence-electron chi connectivity index (χ3n) is 4.95. The van der Waals surface area contributed by atoms with Crippen LogP contribution >= 0.6 is 0 Å². The molecule has 1 nitrogen and oxygen atoms in total. The highest BCUT2D eigenvalue weighted by atomic mass is 14.9. The van der Waals surface area contributed by atoms with Crippen molar-refractivity contribution in [2.75, 3.05) is 5.32 Å². The molecule has 1 saturated carbocycles. The molecule has 112 valence electrons. The molecule has 0 aliphatic heterocycles. The fourth-order valence-corrected chi connectivity index (χ4v) is 3.33. The van der Waals surface area contributed by atoms with Crippen LogP contribution in [0.15, 0.2) is 18.2 Å². The van der Waals surface area contributed by atoms with E-state index in [4.69, 9.17) is 0 Å². The summed E-state index contributed by atoms with van der Waals surface area (Å²) in [5, 5.41) is 3.85. The molecule has 1 aliphatic carbocycles. The van der Waals surface area contributed by atoms with Gasteiger partial charge in [0.1, 0.15) is 0 Å². The fourth-order valence-electron chi connectivity index (χ4n) is 3.33. The van der Waals surface area contributed by atoms with Gasteiger partial charge in [0.05, 0.1) is 0 Å². The van der Waals surface area contributed by atoms with E-state index in [0.29, 0.717) is 23.3 Å². The monoisotopic (exact) mass is 273 g/mol. The van der Waals surface area contributed by atoms with E-state index in [-0.39, 0.29) is 0 Å². The van der Waals surface area contributed by atoms with Gasteiger partial charge in [-0.1, -0.05) is 60.1 Å². The molecular weight excluding hydrogens is 242 g/mol. The molecule has 1 atom stereocenters. The van der Waals surface area contributed by atoms with E-state index in [1.165, 1.54) is 36.1 Å². The second kappa shape index (κ2) is 5.79. The fraction of sp³-hybridized carbons (Fsp3) is 0.684. The second-order valence-electron chi connectivity index (χ2n) is 7.73. The largest absolute Gasteiger partial charge is 0.382 e. The van der Waals surface area contributed by atoms with E-state index in [9.17, 15) is 0 Å². The first-order chi connectivity index (χ1) is 9.31. The quantitative estimate of drug-likeness (QED) is 0.717. The Hall–Kier alpha value is -0.980. The van der Waals surface area contributed by atoms with Gasteiger partial charge < -0.3 is 5.32 Å². The summed E-state index contributed by atoms with van der Waals surface area (Å²) < 4.78 is 0. The highest BCUT2D eigenvalue weighted by molar-refractivity contribution is 5.55. The van der Waals surface area contributed by atoms with Crippen LogP contribution in [0.5, 0.6) is 0 Å². The number of anilines is 1. The van der Waals surface area contributed by atoms with Crippen LogP contribution in [-0.4, -0.2) is 6.04 Å². The molecule has 0 aromatic heterocycles. The van der Waals surface area contributed by atoms with Gasteiger partial charge in [0, 0.05) is 11.7 Å². The average molecular weight is 273 g/mol. The van der Waals surface area contributed by atoms with Crippen LogP contribution in [-0.2, 0) is 0 Å². The predicted octanol–water partition coefficient (Wildman–Crippen LogP) is 5.92. The highest BCUT2D eigenvalue weighted by Crippen LogP contribution is 2.40. The molecule has 20 heavy (non-hydrogen) atoms. The lowest BCUT2D eigenvalue weighted by Gasteiger charge is -2.30. The third kappa shape index (κ3) is 3.19. The summed E-state index contributed by atoms with van der Waals surface area (Å²) in [5.74, 6) is 1.17. The van der Waals surface area contributed by atoms with E-state index in [1.807, 2.05) is 0 Å². The summed E-state index contributed by atoms with van der Waals surface area (Å²) in [6.45, 7) is 13.9. The van der Waals surface area contributed by atoms with E-state index in [0.717, 1.165) is 0 Å². The molecule has 1 aromatic carbocycles. The summed E-state index contributed by atoms with van der Waals surface area (Å²) in [4.78, 5) is 0. The minimum Gasteiger partial charge on any atom is -0.382 e. The van der Waals surface area contributed by atoms with Crippen LogP contribution < -0.4 is 5.32 Å². The topological polar surface area (TPSA) is 12.0 Å². The molecule has 0 saturated heterocycles. The lowest BCUT2D eigenvalue weighted by Crippen LogP contribution is -2.31. The Balaban J connectivity index is 2.27. The van der Waals surface area contributed by atoms with E-state index in [1.54, 1.807) is 0 Å². The van der Waals surface area contributed by atoms with Gasteiger partial charge in [-0.05, 0) is 47.3 Å². The van der Waals surface area contributed by atoms with Gasteiger partial charge in [-0.2, -0.15) is 0 Å². The van der Waals surface area contributed by atoms with E-state index >= 15 is 0 Å². The molecule has 0 radical (unpaired) electrons. The molecule has 1 fully saturated rings. The lowest BCUT2D eigenvalue weighted by molar-refractivity contribution is 0.350. The van der Waals surface area contributed by atoms with Crippen molar-refractivity contribution in [1.29, 1.82) is 0 Å². The van der Waals surface area contributed by atoms with Crippen molar-refractivity contribution in [2.24, 2.45) is 5.41 Å². The summed E-state index contributed by atoms with van der Waals surface area (Å²) in [7, 11) is 0. The van der Waals surface area contributed by atoms with Gasteiger partial charge in [0.2, 0.25) is 0 Å². The summed E-state index contributed by atoms with van der Waals surface area (Å²) in [6.07, 6.45) is 3.99. The Labute approximate surface area is 125 Å². The van der Waals surface area contributed by atoms with Crippen LogP contribution in [0, 0.1) is 5.41 Å². The Morgan fingerprint density at radius 3 is 2.30 bits per heavy atom. The molecule has 1 heteroatoms. The Morgan fingerprint density at radius 2 is 1.80 bits per heavy atom. The molecule has 1 aromatic rings. The van der Waals surface area contributed by atoms with Gasteiger partial charge >= 0.3 is 0 Å². The zero-order valence-corrected chi connectivity index (χ0v) is 14.1. The van der Waals surface area contributed by atoms with Crippen LogP contribution in [0.2, 0.25) is 0 Å². The summed E-state index contributed by atoms with van der Waals surface area (Å²) >= 11 is 0. The van der Waals surface area contributed by atoms with Crippen molar-refractivity contribution >= 4 is 5.69 Å². The maximum atomic E-state index is 3.85. The first-order valence-corrected chi connectivity index (χ1v) is 8.21. The molecule has 0 amide bonds. The number of rotatable bonds is 4. The first-order valence-electron chi connectivity index (χ1n) is 8.21. The highest BCUT2D eigenvalue weighted by Gasteiger charge is 2.34. The van der Waals surface area contributed by atoms with Crippen molar-refractivity contribution in [1.82, 2.24) is 0 Å². The van der Waals surface area contributed by atoms with Gasteiger partial charge in [-0.15, -0.1) is 0 Å². The van der Waals surface area contributed by atoms with Crippen molar-refractivity contribution in [2.45, 2.75) is 78.7 Å². The maximum absolute atomic E-state index is 3.85. The Morgan fingerprint density at radius 1 is 1.10 bits per heavy atom. The van der Waals surface area contributed by atoms with Crippen LogP contribution in [0.3, 0.4) is 0 Å².